The number of rotatable bonds is 2. The average molecular weight is 129 g/mol. The minimum Gasteiger partial charge on any atom is -0.301 e. The first-order valence-electron chi connectivity index (χ1n) is 1.17. The predicted molar refractivity (Wildman–Crippen MR) is 18.4 cm³/mol. The predicted octanol–water partition coefficient (Wildman–Crippen LogP) is -1.10. The zero-order valence-electron chi connectivity index (χ0n) is 3.14. The monoisotopic (exact) mass is 129 g/mol. The van der Waals surface area contributed by atoms with Crippen LogP contribution >= 0.6 is 7.82 Å². The van der Waals surface area contributed by atoms with Gasteiger partial charge < -0.3 is 9.79 Å². The van der Waals surface area contributed by atoms with Gasteiger partial charge >= 0.3 is 7.82 Å². The van der Waals surface area contributed by atoms with Gasteiger partial charge in [-0.05, 0) is 0 Å². The van der Waals surface area contributed by atoms with E-state index in [-0.39, 0.29) is 0 Å². The fraction of sp³-hybridized carbons (Fsp3) is 0. The van der Waals surface area contributed by atoms with Crippen molar-refractivity contribution in [3.63, 3.8) is 0 Å². The van der Waals surface area contributed by atoms with Gasteiger partial charge in [0.05, 0.1) is 0 Å². The zero-order valence-corrected chi connectivity index (χ0v) is 4.04. The lowest BCUT2D eigenvalue weighted by Gasteiger charge is -1.95. The van der Waals surface area contributed by atoms with E-state index in [0.29, 0.717) is 0 Å². The zero-order chi connectivity index (χ0) is 5.91. The van der Waals surface area contributed by atoms with Crippen LogP contribution in [0.5, 0.6) is 0 Å². The van der Waals surface area contributed by atoms with Crippen LogP contribution in [-0.2, 0) is 14.2 Å². The quantitative estimate of drug-likeness (QED) is 0.248. The van der Waals surface area contributed by atoms with Crippen LogP contribution < -0.4 is 5.90 Å². The topological polar surface area (TPSA) is 102 Å². The number of phosphoric acid groups is 1. The van der Waals surface area contributed by atoms with Crippen molar-refractivity contribution in [2.45, 2.75) is 0 Å². The van der Waals surface area contributed by atoms with Gasteiger partial charge in [0.25, 0.3) is 0 Å². The van der Waals surface area contributed by atoms with E-state index in [1.165, 1.54) is 0 Å². The maximum absolute atomic E-state index is 9.50. The lowest BCUT2D eigenvalue weighted by atomic mass is 13.5. The van der Waals surface area contributed by atoms with Crippen molar-refractivity contribution in [1.29, 1.82) is 0 Å². The maximum atomic E-state index is 9.50. The van der Waals surface area contributed by atoms with Gasteiger partial charge in [0, 0.05) is 0 Å². The Bertz CT molecular complexity index is 82.1. The van der Waals surface area contributed by atoms with Crippen molar-refractivity contribution >= 4 is 7.82 Å². The van der Waals surface area contributed by atoms with Crippen LogP contribution in [0.3, 0.4) is 0 Å². The Labute approximate surface area is 39.0 Å². The van der Waals surface area contributed by atoms with E-state index in [0.717, 1.165) is 0 Å². The summed E-state index contributed by atoms with van der Waals surface area (Å²) in [6.45, 7) is 0. The van der Waals surface area contributed by atoms with Crippen LogP contribution in [0.15, 0.2) is 0 Å². The molecule has 0 aromatic carbocycles. The Morgan fingerprint density at radius 3 is 2.00 bits per heavy atom. The molecule has 0 saturated carbocycles. The molecule has 0 unspecified atom stereocenters. The van der Waals surface area contributed by atoms with Crippen molar-refractivity contribution in [2.75, 3.05) is 0 Å². The minimum atomic E-state index is -4.51. The van der Waals surface area contributed by atoms with Gasteiger partial charge in [-0.2, -0.15) is 5.90 Å². The number of hydrogen-bond acceptors (Lipinski definition) is 4. The van der Waals surface area contributed by atoms with Gasteiger partial charge in [-0.15, -0.1) is 9.66 Å². The van der Waals surface area contributed by atoms with Crippen molar-refractivity contribution in [3.8, 4) is 0 Å². The molecule has 0 aliphatic rings. The molecule has 0 atom stereocenters. The Morgan fingerprint density at radius 2 is 2.00 bits per heavy atom. The van der Waals surface area contributed by atoms with Crippen molar-refractivity contribution < 1.29 is 24.0 Å². The molecular formula is H4NO5P. The highest BCUT2D eigenvalue weighted by atomic mass is 31.2. The van der Waals surface area contributed by atoms with E-state index in [2.05, 4.69) is 15.6 Å². The molecule has 0 aliphatic carbocycles. The highest BCUT2D eigenvalue weighted by Crippen LogP contribution is 2.34. The Kier molecular flexibility index (Phi) is 2.38. The molecule has 0 fully saturated rings. The average Bonchev–Trinajstić information content (AvgIpc) is 1.30. The third-order valence-corrected chi connectivity index (χ3v) is 0.420. The third-order valence-electron chi connectivity index (χ3n) is 0.140. The van der Waals surface area contributed by atoms with Gasteiger partial charge in [-0.3, -0.25) is 0 Å². The van der Waals surface area contributed by atoms with Gasteiger partial charge in [0.1, 0.15) is 0 Å². The van der Waals surface area contributed by atoms with Crippen molar-refractivity contribution in [2.24, 2.45) is 5.90 Å². The van der Waals surface area contributed by atoms with Crippen molar-refractivity contribution in [1.82, 2.24) is 0 Å². The summed E-state index contributed by atoms with van der Waals surface area (Å²) in [5.74, 6) is 4.10. The summed E-state index contributed by atoms with van der Waals surface area (Å²) in [4.78, 5) is 18.5. The first-order valence-corrected chi connectivity index (χ1v) is 2.70. The van der Waals surface area contributed by atoms with Crippen LogP contribution in [0.25, 0.3) is 0 Å². The molecule has 0 aliphatic heterocycles. The largest absolute Gasteiger partial charge is 0.498 e. The summed E-state index contributed by atoms with van der Waals surface area (Å²) < 4.78 is 12.7. The Hall–Kier alpha value is 0.0300. The Balaban J connectivity index is 3.36. The third kappa shape index (κ3) is 6.03. The minimum absolute atomic E-state index is 3.14. The lowest BCUT2D eigenvalue weighted by molar-refractivity contribution is -0.226. The second-order valence-corrected chi connectivity index (χ2v) is 1.79. The van der Waals surface area contributed by atoms with Crippen LogP contribution in [0.2, 0.25) is 0 Å². The standard InChI is InChI=1S/H4NO5P/c1-5-6-7(2,3)4/h1H2,(H2,2,3,4). The molecule has 0 bridgehead atoms. The molecular weight excluding hydrogens is 125 g/mol. The summed E-state index contributed by atoms with van der Waals surface area (Å²) in [7, 11) is -4.51. The van der Waals surface area contributed by atoms with E-state index in [4.69, 9.17) is 9.79 Å². The molecule has 0 amide bonds. The van der Waals surface area contributed by atoms with Gasteiger partial charge in [0.2, 0.25) is 0 Å². The van der Waals surface area contributed by atoms with Gasteiger partial charge in [0.15, 0.2) is 0 Å². The van der Waals surface area contributed by atoms with E-state index >= 15 is 0 Å². The van der Waals surface area contributed by atoms with E-state index in [1.807, 2.05) is 0 Å². The van der Waals surface area contributed by atoms with Crippen LogP contribution in [-0.4, -0.2) is 9.79 Å². The first kappa shape index (κ1) is 7.03. The SMILES string of the molecule is NOOP(=O)(O)O. The second-order valence-electron chi connectivity index (χ2n) is 0.661. The van der Waals surface area contributed by atoms with E-state index in [1.54, 1.807) is 0 Å². The molecule has 0 saturated heterocycles. The van der Waals surface area contributed by atoms with Crippen LogP contribution in [0, 0.1) is 0 Å². The molecule has 4 N–H and O–H groups in total. The highest BCUT2D eigenvalue weighted by Gasteiger charge is 2.13. The second kappa shape index (κ2) is 2.37. The van der Waals surface area contributed by atoms with E-state index < -0.39 is 7.82 Å². The smallest absolute Gasteiger partial charge is 0.301 e. The van der Waals surface area contributed by atoms with Crippen LogP contribution in [0.1, 0.15) is 0 Å². The summed E-state index contributed by atoms with van der Waals surface area (Å²) >= 11 is 0. The van der Waals surface area contributed by atoms with Gasteiger partial charge in [-0.25, -0.2) is 4.57 Å². The first-order chi connectivity index (χ1) is 3.06. The molecule has 0 radical (unpaired) electrons. The highest BCUT2D eigenvalue weighted by molar-refractivity contribution is 7.46. The molecule has 0 rings (SSSR count). The molecule has 0 heterocycles. The molecule has 0 aromatic heterocycles. The normalized spacial score (nSPS) is 11.9. The maximum Gasteiger partial charge on any atom is 0.498 e. The van der Waals surface area contributed by atoms with Crippen molar-refractivity contribution in [3.05, 3.63) is 0 Å². The summed E-state index contributed by atoms with van der Waals surface area (Å²) in [5.41, 5.74) is 0. The Morgan fingerprint density at radius 1 is 1.57 bits per heavy atom. The summed E-state index contributed by atoms with van der Waals surface area (Å²) in [5, 5.41) is 0. The molecule has 7 heavy (non-hydrogen) atoms. The fourth-order valence-corrected chi connectivity index (χ4v) is 0.168. The number of hydrogen-bond donors (Lipinski definition) is 3. The summed E-state index contributed by atoms with van der Waals surface area (Å²) in [6.07, 6.45) is 0. The molecule has 6 nitrogen and oxygen atoms in total. The molecule has 7 heteroatoms. The molecule has 0 spiro atoms. The lowest BCUT2D eigenvalue weighted by Crippen LogP contribution is -1.97. The van der Waals surface area contributed by atoms with Gasteiger partial charge in [-0.1, -0.05) is 0 Å². The van der Waals surface area contributed by atoms with E-state index in [9.17, 15) is 4.57 Å². The fourth-order valence-electron chi connectivity index (χ4n) is 0.0561. The molecule has 0 aromatic rings. The van der Waals surface area contributed by atoms with Crippen LogP contribution in [0.4, 0.5) is 0 Å². The molecule has 44 valence electrons. The summed E-state index contributed by atoms with van der Waals surface area (Å²) in [6, 6.07) is 0. The number of nitrogens with two attached hydrogens (primary N) is 1.